The predicted octanol–water partition coefficient (Wildman–Crippen LogP) is 1.15. The van der Waals surface area contributed by atoms with E-state index in [1.165, 1.54) is 0 Å². The van der Waals surface area contributed by atoms with Gasteiger partial charge >= 0.3 is 0 Å². The average molecular weight is 189 g/mol. The Labute approximate surface area is 81.3 Å². The standard InChI is InChI=1S/C10H23NO2/c1-5-7(2)10(6-11)13-9(4)8(3)12/h7-10,12H,5-6,11H2,1-4H3. The average Bonchev–Trinajstić information content (AvgIpc) is 2.12. The van der Waals surface area contributed by atoms with Crippen LogP contribution in [0.15, 0.2) is 0 Å². The van der Waals surface area contributed by atoms with Crippen molar-refractivity contribution in [2.24, 2.45) is 11.7 Å². The number of ether oxygens (including phenoxy) is 1. The summed E-state index contributed by atoms with van der Waals surface area (Å²) < 4.78 is 5.64. The molecule has 3 heteroatoms. The third-order valence-corrected chi connectivity index (χ3v) is 2.58. The summed E-state index contributed by atoms with van der Waals surface area (Å²) in [6.07, 6.45) is 0.546. The summed E-state index contributed by atoms with van der Waals surface area (Å²) in [7, 11) is 0. The first-order valence-corrected chi connectivity index (χ1v) is 5.06. The Balaban J connectivity index is 3.97. The highest BCUT2D eigenvalue weighted by Gasteiger charge is 2.19. The van der Waals surface area contributed by atoms with E-state index >= 15 is 0 Å². The molecule has 0 aliphatic rings. The van der Waals surface area contributed by atoms with E-state index in [-0.39, 0.29) is 12.2 Å². The van der Waals surface area contributed by atoms with Crippen molar-refractivity contribution in [3.8, 4) is 0 Å². The Morgan fingerprint density at radius 1 is 1.31 bits per heavy atom. The van der Waals surface area contributed by atoms with Crippen LogP contribution in [0.1, 0.15) is 34.1 Å². The Morgan fingerprint density at radius 3 is 2.15 bits per heavy atom. The molecule has 0 spiro atoms. The Hall–Kier alpha value is -0.120. The zero-order valence-electron chi connectivity index (χ0n) is 9.16. The number of hydrogen-bond acceptors (Lipinski definition) is 3. The molecule has 0 rings (SSSR count). The van der Waals surface area contributed by atoms with Crippen molar-refractivity contribution in [1.82, 2.24) is 0 Å². The molecule has 0 aromatic rings. The van der Waals surface area contributed by atoms with Crippen LogP contribution in [0.4, 0.5) is 0 Å². The fraction of sp³-hybridized carbons (Fsp3) is 1.00. The van der Waals surface area contributed by atoms with E-state index in [9.17, 15) is 5.11 Å². The van der Waals surface area contributed by atoms with Gasteiger partial charge in [0.25, 0.3) is 0 Å². The van der Waals surface area contributed by atoms with Crippen molar-refractivity contribution in [2.75, 3.05) is 6.54 Å². The number of nitrogens with two attached hydrogens (primary N) is 1. The van der Waals surface area contributed by atoms with Crippen LogP contribution in [0.25, 0.3) is 0 Å². The molecule has 0 aromatic carbocycles. The van der Waals surface area contributed by atoms with E-state index in [1.54, 1.807) is 6.92 Å². The quantitative estimate of drug-likeness (QED) is 0.659. The highest BCUT2D eigenvalue weighted by atomic mass is 16.5. The van der Waals surface area contributed by atoms with Crippen molar-refractivity contribution < 1.29 is 9.84 Å². The normalized spacial score (nSPS) is 20.8. The fourth-order valence-electron chi connectivity index (χ4n) is 1.07. The van der Waals surface area contributed by atoms with Crippen LogP contribution in [0.5, 0.6) is 0 Å². The first-order chi connectivity index (χ1) is 6.02. The molecule has 4 unspecified atom stereocenters. The van der Waals surface area contributed by atoms with Crippen LogP contribution in [0, 0.1) is 5.92 Å². The molecular weight excluding hydrogens is 166 g/mol. The molecule has 4 atom stereocenters. The van der Waals surface area contributed by atoms with Crippen LogP contribution < -0.4 is 5.73 Å². The van der Waals surface area contributed by atoms with E-state index in [0.29, 0.717) is 12.5 Å². The Kier molecular flexibility index (Phi) is 6.29. The van der Waals surface area contributed by atoms with Gasteiger partial charge in [-0.15, -0.1) is 0 Å². The van der Waals surface area contributed by atoms with Crippen LogP contribution in [-0.2, 0) is 4.74 Å². The van der Waals surface area contributed by atoms with Gasteiger partial charge in [0.2, 0.25) is 0 Å². The lowest BCUT2D eigenvalue weighted by Crippen LogP contribution is -2.36. The summed E-state index contributed by atoms with van der Waals surface area (Å²) in [5.74, 6) is 0.450. The summed E-state index contributed by atoms with van der Waals surface area (Å²) in [5.41, 5.74) is 5.59. The highest BCUT2D eigenvalue weighted by Crippen LogP contribution is 2.13. The summed E-state index contributed by atoms with van der Waals surface area (Å²) in [4.78, 5) is 0. The lowest BCUT2D eigenvalue weighted by molar-refractivity contribution is -0.0759. The molecule has 0 radical (unpaired) electrons. The van der Waals surface area contributed by atoms with E-state index in [2.05, 4.69) is 13.8 Å². The second kappa shape index (κ2) is 6.35. The van der Waals surface area contributed by atoms with E-state index in [0.717, 1.165) is 6.42 Å². The van der Waals surface area contributed by atoms with Crippen LogP contribution in [0.2, 0.25) is 0 Å². The molecule has 0 aromatic heterocycles. The summed E-state index contributed by atoms with van der Waals surface area (Å²) in [6.45, 7) is 8.35. The maximum atomic E-state index is 9.25. The summed E-state index contributed by atoms with van der Waals surface area (Å²) in [5, 5.41) is 9.25. The van der Waals surface area contributed by atoms with Crippen LogP contribution in [0.3, 0.4) is 0 Å². The molecule has 0 bridgehead atoms. The number of hydrogen-bond donors (Lipinski definition) is 2. The highest BCUT2D eigenvalue weighted by molar-refractivity contribution is 4.69. The third kappa shape index (κ3) is 4.60. The molecule has 0 amide bonds. The molecule has 80 valence electrons. The van der Waals surface area contributed by atoms with Crippen molar-refractivity contribution in [3.05, 3.63) is 0 Å². The summed E-state index contributed by atoms with van der Waals surface area (Å²) in [6, 6.07) is 0. The van der Waals surface area contributed by atoms with Gasteiger partial charge in [-0.1, -0.05) is 20.3 Å². The topological polar surface area (TPSA) is 55.5 Å². The van der Waals surface area contributed by atoms with Crippen molar-refractivity contribution in [3.63, 3.8) is 0 Å². The van der Waals surface area contributed by atoms with Crippen molar-refractivity contribution >= 4 is 0 Å². The van der Waals surface area contributed by atoms with Gasteiger partial charge in [-0.3, -0.25) is 0 Å². The molecule has 3 N–H and O–H groups in total. The lowest BCUT2D eigenvalue weighted by Gasteiger charge is -2.27. The monoisotopic (exact) mass is 189 g/mol. The van der Waals surface area contributed by atoms with Gasteiger partial charge < -0.3 is 15.6 Å². The number of aliphatic hydroxyl groups is 1. The number of rotatable bonds is 6. The molecule has 0 aliphatic heterocycles. The van der Waals surface area contributed by atoms with Crippen molar-refractivity contribution in [2.45, 2.75) is 52.4 Å². The minimum Gasteiger partial charge on any atom is -0.391 e. The van der Waals surface area contributed by atoms with Crippen LogP contribution >= 0.6 is 0 Å². The van der Waals surface area contributed by atoms with Gasteiger partial charge in [0.15, 0.2) is 0 Å². The predicted molar refractivity (Wildman–Crippen MR) is 54.5 cm³/mol. The van der Waals surface area contributed by atoms with Crippen LogP contribution in [-0.4, -0.2) is 30.0 Å². The Bertz CT molecular complexity index is 128. The second-order valence-electron chi connectivity index (χ2n) is 3.74. The molecule has 3 nitrogen and oxygen atoms in total. The minimum atomic E-state index is -0.432. The SMILES string of the molecule is CCC(C)C(CN)OC(C)C(C)O. The van der Waals surface area contributed by atoms with Gasteiger partial charge in [-0.25, -0.2) is 0 Å². The smallest absolute Gasteiger partial charge is 0.0807 e. The zero-order valence-corrected chi connectivity index (χ0v) is 9.16. The minimum absolute atomic E-state index is 0.0644. The first kappa shape index (κ1) is 12.9. The van der Waals surface area contributed by atoms with Gasteiger partial charge in [0.05, 0.1) is 18.3 Å². The first-order valence-electron chi connectivity index (χ1n) is 5.06. The molecule has 0 fully saturated rings. The van der Waals surface area contributed by atoms with E-state index < -0.39 is 6.10 Å². The third-order valence-electron chi connectivity index (χ3n) is 2.58. The van der Waals surface area contributed by atoms with E-state index in [1.807, 2.05) is 6.92 Å². The van der Waals surface area contributed by atoms with Gasteiger partial charge in [-0.2, -0.15) is 0 Å². The van der Waals surface area contributed by atoms with Gasteiger partial charge in [-0.05, 0) is 19.8 Å². The molecule has 0 saturated heterocycles. The van der Waals surface area contributed by atoms with Gasteiger partial charge in [0.1, 0.15) is 0 Å². The lowest BCUT2D eigenvalue weighted by atomic mass is 10.0. The fourth-order valence-corrected chi connectivity index (χ4v) is 1.07. The second-order valence-corrected chi connectivity index (χ2v) is 3.74. The zero-order chi connectivity index (χ0) is 10.4. The maximum Gasteiger partial charge on any atom is 0.0807 e. The van der Waals surface area contributed by atoms with E-state index in [4.69, 9.17) is 10.5 Å². The largest absolute Gasteiger partial charge is 0.391 e. The van der Waals surface area contributed by atoms with Gasteiger partial charge in [0, 0.05) is 6.54 Å². The molecule has 0 aliphatic carbocycles. The Morgan fingerprint density at radius 2 is 1.85 bits per heavy atom. The molecule has 0 saturated carbocycles. The van der Waals surface area contributed by atoms with Crippen molar-refractivity contribution in [1.29, 1.82) is 0 Å². The maximum absolute atomic E-state index is 9.25. The molecule has 13 heavy (non-hydrogen) atoms. The molecular formula is C10H23NO2. The molecule has 0 heterocycles. The summed E-state index contributed by atoms with van der Waals surface area (Å²) >= 11 is 0. The number of aliphatic hydroxyl groups excluding tert-OH is 1.